The van der Waals surface area contributed by atoms with E-state index in [1.165, 1.54) is 171 Å². The predicted molar refractivity (Wildman–Crippen MR) is 480 cm³/mol. The van der Waals surface area contributed by atoms with Gasteiger partial charge in [-0.3, -0.25) is 0 Å². The van der Waals surface area contributed by atoms with Gasteiger partial charge < -0.3 is 23.5 Å². The molecule has 0 saturated heterocycles. The summed E-state index contributed by atoms with van der Waals surface area (Å²) in [5.41, 5.74) is 40.7. The van der Waals surface area contributed by atoms with Gasteiger partial charge in [-0.05, 0) is 212 Å². The Bertz CT molecular complexity index is 6760. The summed E-state index contributed by atoms with van der Waals surface area (Å²) in [4.78, 5) is 5.30. The van der Waals surface area contributed by atoms with Crippen LogP contribution in [-0.2, 0) is 32.5 Å². The van der Waals surface area contributed by atoms with Gasteiger partial charge in [0.25, 0.3) is 6.71 Å². The lowest BCUT2D eigenvalue weighted by molar-refractivity contribution is 0.590. The predicted octanol–water partition coefficient (Wildman–Crippen LogP) is 25.6. The first-order valence-corrected chi connectivity index (χ1v) is 41.0. The van der Waals surface area contributed by atoms with E-state index < -0.39 is 10.8 Å². The van der Waals surface area contributed by atoms with Crippen molar-refractivity contribution < 1.29 is 0 Å². The highest BCUT2D eigenvalue weighted by atomic mass is 15.2. The van der Waals surface area contributed by atoms with Crippen LogP contribution < -0.4 is 26.2 Å². The van der Waals surface area contributed by atoms with Crippen molar-refractivity contribution in [3.63, 3.8) is 0 Å². The average Bonchev–Trinajstić information content (AvgIpc) is 1.40. The lowest BCUT2D eigenvalue weighted by Crippen LogP contribution is -2.59. The molecular formula is C108H86BN5. The van der Waals surface area contributed by atoms with Crippen molar-refractivity contribution in [3.05, 3.63) is 370 Å². The van der Waals surface area contributed by atoms with E-state index in [0.717, 1.165) is 50.8 Å². The largest absolute Gasteiger partial charge is 0.310 e. The Balaban J connectivity index is 0.881. The van der Waals surface area contributed by atoms with Crippen LogP contribution in [0.1, 0.15) is 150 Å². The molecule has 2 aliphatic carbocycles. The molecule has 0 atom stereocenters. The number of anilines is 6. The molecule has 7 heterocycles. The molecule has 0 fully saturated rings. The molecule has 5 nitrogen and oxygen atoms in total. The maximum Gasteiger partial charge on any atom is 0.252 e. The zero-order chi connectivity index (χ0) is 76.9. The van der Waals surface area contributed by atoms with E-state index in [-0.39, 0.29) is 28.4 Å². The van der Waals surface area contributed by atoms with Gasteiger partial charge in [-0.25, -0.2) is 0 Å². The summed E-state index contributed by atoms with van der Waals surface area (Å²) < 4.78 is 8.22. The van der Waals surface area contributed by atoms with Crippen molar-refractivity contribution in [2.24, 2.45) is 0 Å². The minimum atomic E-state index is -0.611. The molecule has 18 aromatic rings. The van der Waals surface area contributed by atoms with Crippen LogP contribution in [0.3, 0.4) is 0 Å². The van der Waals surface area contributed by atoms with Gasteiger partial charge >= 0.3 is 0 Å². The summed E-state index contributed by atoms with van der Waals surface area (Å²) in [6, 6.07) is 119. The molecule has 2 spiro atoms. The van der Waals surface area contributed by atoms with Gasteiger partial charge in [-0.2, -0.15) is 0 Å². The van der Waals surface area contributed by atoms with Gasteiger partial charge in [0.15, 0.2) is 0 Å². The highest BCUT2D eigenvalue weighted by Gasteiger charge is 2.55. The number of nitrogens with zero attached hydrogens (tertiary/aromatic N) is 5. The van der Waals surface area contributed by atoms with Crippen molar-refractivity contribution in [1.82, 2.24) is 13.7 Å². The minimum Gasteiger partial charge on any atom is -0.310 e. The summed E-state index contributed by atoms with van der Waals surface area (Å²) in [6.45, 7) is 28.5. The van der Waals surface area contributed by atoms with Crippen LogP contribution in [0.4, 0.5) is 34.1 Å². The minimum absolute atomic E-state index is 0.0938. The fourth-order valence-electron chi connectivity index (χ4n) is 22.3. The number of benzene rings is 15. The second kappa shape index (κ2) is 22.2. The highest BCUT2D eigenvalue weighted by molar-refractivity contribution is 7.00. The number of hydrogen-bond acceptors (Lipinski definition) is 2. The second-order valence-corrected chi connectivity index (χ2v) is 37.5. The number of hydrogen-bond donors (Lipinski definition) is 0. The van der Waals surface area contributed by atoms with E-state index in [1.54, 1.807) is 0 Å². The average molecular weight is 1460 g/mol. The molecule has 24 rings (SSSR count). The standard InChI is InChI=1S/C108H86BN5/c1-103(2,3)63-51-53-88-74(55-63)76-57-65(105(7,8)9)59-86-99(76)113(88)96-61-67(62-97-98(96)109(86)87-60-66(106(10,11)12)58-77-75-56-64(104(4,5)6)52-54-89(75)114(97)100(77)87)110-101-72(35-29-49-94(101)111-90-45-25-21-41-82(90)107(83-42-22-26-46-91(83)111)78-37-17-13-31-68(78)69-32-14-18-38-79(69)107)73-36-30-50-95(102(73)110)112-92-47-27-23-43-84(92)108(85-44-24-28-48-93(85)112)80-39-19-15-33-70(80)71-34-16-20-40-81(71)108/h13-62H,1-12H3. The van der Waals surface area contributed by atoms with Crippen LogP contribution in [0, 0.1) is 0 Å². The summed E-state index contributed by atoms with van der Waals surface area (Å²) >= 11 is 0. The summed E-state index contributed by atoms with van der Waals surface area (Å²) in [7, 11) is 0. The zero-order valence-corrected chi connectivity index (χ0v) is 66.7. The van der Waals surface area contributed by atoms with Gasteiger partial charge in [0, 0.05) is 54.7 Å². The van der Waals surface area contributed by atoms with Crippen LogP contribution >= 0.6 is 0 Å². The molecule has 15 aromatic carbocycles. The molecule has 546 valence electrons. The molecule has 6 aliphatic rings. The van der Waals surface area contributed by atoms with Crippen LogP contribution in [0.2, 0.25) is 0 Å². The molecule has 3 aromatic heterocycles. The van der Waals surface area contributed by atoms with Crippen LogP contribution in [-0.4, -0.2) is 20.4 Å². The van der Waals surface area contributed by atoms with Gasteiger partial charge in [-0.15, -0.1) is 0 Å². The molecule has 114 heavy (non-hydrogen) atoms. The summed E-state index contributed by atoms with van der Waals surface area (Å²) in [5.74, 6) is 0. The van der Waals surface area contributed by atoms with Crippen molar-refractivity contribution in [2.75, 3.05) is 9.80 Å². The lowest BCUT2D eigenvalue weighted by atomic mass is 9.34. The van der Waals surface area contributed by atoms with Gasteiger partial charge in [0.05, 0.1) is 72.7 Å². The van der Waals surface area contributed by atoms with E-state index in [2.05, 4.69) is 410 Å². The first-order valence-electron chi connectivity index (χ1n) is 41.0. The van der Waals surface area contributed by atoms with E-state index in [1.807, 2.05) is 0 Å². The van der Waals surface area contributed by atoms with E-state index >= 15 is 0 Å². The first-order chi connectivity index (χ1) is 55.1. The highest BCUT2D eigenvalue weighted by Crippen LogP contribution is 2.67. The maximum absolute atomic E-state index is 2.75. The summed E-state index contributed by atoms with van der Waals surface area (Å²) in [5, 5.41) is 7.53. The third-order valence-corrected chi connectivity index (χ3v) is 27.4. The lowest BCUT2D eigenvalue weighted by Gasteiger charge is -2.45. The SMILES string of the molecule is CC(C)(C)c1ccc2c(c1)c1cc(C(C)(C)C)cc3c1n2-c1cc(-n2c4c(N5c6ccccc6C6(c7ccccc7-c7ccccc76)c6ccccc65)cccc4c4cccc(N5c6ccccc6C6(c7ccccc7-c7ccccc76)c6ccccc65)c42)cc2c1B3c1cc(C(C)(C)C)cc3c4cc(C(C)(C)C)ccc4n-2c13. The Morgan fingerprint density at radius 3 is 0.860 bits per heavy atom. The monoisotopic (exact) mass is 1460 g/mol. The molecule has 0 amide bonds. The Morgan fingerprint density at radius 1 is 0.228 bits per heavy atom. The Kier molecular flexibility index (Phi) is 12.8. The van der Waals surface area contributed by atoms with Crippen molar-refractivity contribution in [2.45, 2.75) is 116 Å². The third-order valence-electron chi connectivity index (χ3n) is 27.4. The fourth-order valence-corrected chi connectivity index (χ4v) is 22.3. The smallest absolute Gasteiger partial charge is 0.252 e. The first kappa shape index (κ1) is 66.0. The van der Waals surface area contributed by atoms with Crippen molar-refractivity contribution >= 4 is 123 Å². The fraction of sp³-hybridized carbons (Fsp3) is 0.167. The summed E-state index contributed by atoms with van der Waals surface area (Å²) in [6.07, 6.45) is 0. The Morgan fingerprint density at radius 2 is 0.526 bits per heavy atom. The van der Waals surface area contributed by atoms with Crippen LogP contribution in [0.15, 0.2) is 303 Å². The van der Waals surface area contributed by atoms with Gasteiger partial charge in [0.1, 0.15) is 0 Å². The maximum atomic E-state index is 2.75. The molecule has 0 bridgehead atoms. The molecule has 6 heteroatoms. The van der Waals surface area contributed by atoms with Crippen molar-refractivity contribution in [3.8, 4) is 39.3 Å². The third kappa shape index (κ3) is 8.25. The van der Waals surface area contributed by atoms with Crippen LogP contribution in [0.25, 0.3) is 105 Å². The normalized spacial score (nSPS) is 14.9. The molecule has 0 radical (unpaired) electrons. The number of para-hydroxylation sites is 6. The van der Waals surface area contributed by atoms with Gasteiger partial charge in [0.2, 0.25) is 0 Å². The molecular weight excluding hydrogens is 1380 g/mol. The quantitative estimate of drug-likeness (QED) is 0.164. The van der Waals surface area contributed by atoms with Crippen LogP contribution in [0.5, 0.6) is 0 Å². The van der Waals surface area contributed by atoms with Crippen molar-refractivity contribution in [1.29, 1.82) is 0 Å². The van der Waals surface area contributed by atoms with E-state index in [0.29, 0.717) is 0 Å². The molecule has 0 unspecified atom stereocenters. The number of aromatic nitrogens is 3. The van der Waals surface area contributed by atoms with E-state index in [9.17, 15) is 0 Å². The Labute approximate surface area is 666 Å². The topological polar surface area (TPSA) is 21.3 Å². The Hall–Kier alpha value is -12.6. The molecule has 4 aliphatic heterocycles. The zero-order valence-electron chi connectivity index (χ0n) is 66.7. The number of rotatable bonds is 3. The number of fused-ring (bicyclic) bond motifs is 31. The van der Waals surface area contributed by atoms with Gasteiger partial charge in [-0.1, -0.05) is 301 Å². The van der Waals surface area contributed by atoms with E-state index in [4.69, 9.17) is 0 Å². The molecule has 0 N–H and O–H groups in total. The molecule has 0 saturated carbocycles. The second-order valence-electron chi connectivity index (χ2n) is 37.5.